The average Bonchev–Trinajstić information content (AvgIpc) is 3.36. The lowest BCUT2D eigenvalue weighted by molar-refractivity contribution is -0.119. The lowest BCUT2D eigenvalue weighted by Gasteiger charge is -2.06. The summed E-state index contributed by atoms with van der Waals surface area (Å²) in [6.07, 6.45) is 0. The van der Waals surface area contributed by atoms with Crippen molar-refractivity contribution in [1.82, 2.24) is 20.2 Å². The van der Waals surface area contributed by atoms with Crippen LogP contribution in [0.4, 0.5) is 0 Å². The Bertz CT molecular complexity index is 1050. The maximum atomic E-state index is 12.4. The molecule has 8 nitrogen and oxygen atoms in total. The van der Waals surface area contributed by atoms with Gasteiger partial charge >= 0.3 is 0 Å². The lowest BCUT2D eigenvalue weighted by Crippen LogP contribution is -2.31. The molecule has 3 aromatic rings. The maximum Gasteiger partial charge on any atom is 0.277 e. The van der Waals surface area contributed by atoms with E-state index in [-0.39, 0.29) is 40.3 Å². The minimum atomic E-state index is -3.62. The number of sulfonamides is 1. The fourth-order valence-corrected chi connectivity index (χ4v) is 4.63. The van der Waals surface area contributed by atoms with Crippen molar-refractivity contribution in [2.45, 2.75) is 36.6 Å². The van der Waals surface area contributed by atoms with Crippen LogP contribution < -0.4 is 10.0 Å². The molecule has 0 bridgehead atoms. The van der Waals surface area contributed by atoms with Gasteiger partial charge in [-0.05, 0) is 49.6 Å². The molecule has 11 heteroatoms. The second-order valence-corrected chi connectivity index (χ2v) is 10.0. The van der Waals surface area contributed by atoms with Crippen LogP contribution in [0.2, 0.25) is 0 Å². The maximum absolute atomic E-state index is 12.4. The van der Waals surface area contributed by atoms with E-state index in [9.17, 15) is 13.2 Å². The van der Waals surface area contributed by atoms with Crippen molar-refractivity contribution in [2.75, 3.05) is 5.75 Å². The molecule has 0 unspecified atom stereocenters. The van der Waals surface area contributed by atoms with Crippen LogP contribution in [0.1, 0.15) is 18.7 Å². The van der Waals surface area contributed by atoms with Crippen LogP contribution in [-0.2, 0) is 21.4 Å². The molecule has 2 aromatic heterocycles. The number of carbonyl (C=O) groups is 1. The van der Waals surface area contributed by atoms with Crippen LogP contribution in [0.25, 0.3) is 11.5 Å². The largest absolute Gasteiger partial charge is 0.411 e. The molecule has 0 aliphatic rings. The molecule has 0 atom stereocenters. The topological polar surface area (TPSA) is 114 Å². The predicted molar refractivity (Wildman–Crippen MR) is 112 cm³/mol. The van der Waals surface area contributed by atoms with Crippen molar-refractivity contribution >= 4 is 39.0 Å². The Kier molecular flexibility index (Phi) is 7.06. The van der Waals surface area contributed by atoms with Crippen molar-refractivity contribution in [1.29, 1.82) is 0 Å². The first-order valence-electron chi connectivity index (χ1n) is 8.71. The second-order valence-electron chi connectivity index (χ2n) is 6.31. The molecule has 1 aromatic carbocycles. The molecule has 0 spiro atoms. The van der Waals surface area contributed by atoms with Crippen LogP contribution in [0.15, 0.2) is 56.3 Å². The predicted octanol–water partition coefficient (Wildman–Crippen LogP) is 2.89. The van der Waals surface area contributed by atoms with Crippen molar-refractivity contribution < 1.29 is 17.6 Å². The number of nitrogens with one attached hydrogen (secondary N) is 2. The molecule has 2 N–H and O–H groups in total. The van der Waals surface area contributed by atoms with Gasteiger partial charge < -0.3 is 9.73 Å². The first-order chi connectivity index (χ1) is 13.8. The number of aromatic nitrogens is 2. The molecule has 0 aliphatic heterocycles. The van der Waals surface area contributed by atoms with E-state index in [1.807, 2.05) is 31.4 Å². The molecular weight excluding hydrogens is 432 g/mol. The quantitative estimate of drug-likeness (QED) is 0.480. The summed E-state index contributed by atoms with van der Waals surface area (Å²) in [7, 11) is -3.62. The zero-order valence-electron chi connectivity index (χ0n) is 15.8. The summed E-state index contributed by atoms with van der Waals surface area (Å²) in [5.41, 5.74) is 0.591. The van der Waals surface area contributed by atoms with Crippen LogP contribution in [-0.4, -0.2) is 36.3 Å². The van der Waals surface area contributed by atoms with E-state index in [1.165, 1.54) is 23.5 Å². The van der Waals surface area contributed by atoms with Crippen molar-refractivity contribution in [3.8, 4) is 11.5 Å². The Morgan fingerprint density at radius 2 is 1.97 bits per heavy atom. The smallest absolute Gasteiger partial charge is 0.277 e. The SMILES string of the molecule is CC(C)NC(=O)CSc1nnc(-c2ccc(S(=O)(=O)NCc3cccs3)cc2)o1. The van der Waals surface area contributed by atoms with Crippen LogP contribution in [0.5, 0.6) is 0 Å². The van der Waals surface area contributed by atoms with E-state index in [0.29, 0.717) is 5.56 Å². The van der Waals surface area contributed by atoms with Crippen LogP contribution >= 0.6 is 23.1 Å². The number of hydrogen-bond donors (Lipinski definition) is 2. The lowest BCUT2D eigenvalue weighted by atomic mass is 10.2. The standard InChI is InChI=1S/C18H20N4O4S3/c1-12(2)20-16(23)11-28-18-22-21-17(26-18)13-5-7-15(8-6-13)29(24,25)19-10-14-4-3-9-27-14/h3-9,12,19H,10-11H2,1-2H3,(H,20,23). The average molecular weight is 453 g/mol. The highest BCUT2D eigenvalue weighted by Crippen LogP contribution is 2.24. The Balaban J connectivity index is 1.61. The zero-order valence-corrected chi connectivity index (χ0v) is 18.2. The minimum Gasteiger partial charge on any atom is -0.411 e. The van der Waals surface area contributed by atoms with E-state index in [4.69, 9.17) is 4.42 Å². The summed E-state index contributed by atoms with van der Waals surface area (Å²) in [5.74, 6) is 0.314. The van der Waals surface area contributed by atoms with Gasteiger partial charge in [0.25, 0.3) is 5.22 Å². The van der Waals surface area contributed by atoms with Gasteiger partial charge in [-0.1, -0.05) is 17.8 Å². The molecule has 0 aliphatic carbocycles. The number of carbonyl (C=O) groups excluding carboxylic acids is 1. The van der Waals surface area contributed by atoms with Crippen LogP contribution in [0, 0.1) is 0 Å². The molecule has 0 saturated heterocycles. The van der Waals surface area contributed by atoms with E-state index in [2.05, 4.69) is 20.2 Å². The Labute approximate surface area is 177 Å². The Morgan fingerprint density at radius 1 is 1.21 bits per heavy atom. The first kappa shape index (κ1) is 21.5. The number of thiophene rings is 1. The summed E-state index contributed by atoms with van der Waals surface area (Å²) in [6.45, 7) is 4.01. The van der Waals surface area contributed by atoms with Gasteiger partial charge in [-0.3, -0.25) is 4.79 Å². The molecule has 3 rings (SSSR count). The van der Waals surface area contributed by atoms with E-state index in [0.717, 1.165) is 16.6 Å². The monoisotopic (exact) mass is 452 g/mol. The zero-order chi connectivity index (χ0) is 20.9. The number of amides is 1. The molecule has 1 amide bonds. The number of benzene rings is 1. The van der Waals surface area contributed by atoms with Gasteiger partial charge in [0.05, 0.1) is 10.6 Å². The second kappa shape index (κ2) is 9.53. The molecule has 0 saturated carbocycles. The first-order valence-corrected chi connectivity index (χ1v) is 12.1. The Hall–Kier alpha value is -2.21. The van der Waals surface area contributed by atoms with Crippen molar-refractivity contribution in [2.24, 2.45) is 0 Å². The van der Waals surface area contributed by atoms with Gasteiger partial charge in [0, 0.05) is 23.0 Å². The van der Waals surface area contributed by atoms with Crippen molar-refractivity contribution in [3.05, 3.63) is 46.7 Å². The van der Waals surface area contributed by atoms with Gasteiger partial charge in [0.1, 0.15) is 0 Å². The summed E-state index contributed by atoms with van der Waals surface area (Å²) in [6, 6.07) is 9.99. The number of nitrogens with zero attached hydrogens (tertiary/aromatic N) is 2. The fraction of sp³-hybridized carbons (Fsp3) is 0.278. The normalized spacial score (nSPS) is 11.7. The van der Waals surface area contributed by atoms with E-state index >= 15 is 0 Å². The third-order valence-electron chi connectivity index (χ3n) is 3.61. The van der Waals surface area contributed by atoms with E-state index in [1.54, 1.807) is 12.1 Å². The third-order valence-corrected chi connectivity index (χ3v) is 6.72. The summed E-state index contributed by atoms with van der Waals surface area (Å²) >= 11 is 2.63. The highest BCUT2D eigenvalue weighted by atomic mass is 32.2. The van der Waals surface area contributed by atoms with Gasteiger partial charge in [-0.25, -0.2) is 13.1 Å². The summed E-state index contributed by atoms with van der Waals surface area (Å²) in [4.78, 5) is 12.8. The summed E-state index contributed by atoms with van der Waals surface area (Å²) < 4.78 is 32.9. The molecule has 0 radical (unpaired) electrons. The number of rotatable bonds is 9. The molecular formula is C18H20N4O4S3. The molecule has 154 valence electrons. The van der Waals surface area contributed by atoms with Gasteiger partial charge in [-0.15, -0.1) is 21.5 Å². The highest BCUT2D eigenvalue weighted by molar-refractivity contribution is 7.99. The summed E-state index contributed by atoms with van der Waals surface area (Å²) in [5, 5.41) is 12.8. The molecule has 0 fully saturated rings. The third kappa shape index (κ3) is 6.13. The van der Waals surface area contributed by atoms with Gasteiger partial charge in [0.2, 0.25) is 21.8 Å². The molecule has 29 heavy (non-hydrogen) atoms. The Morgan fingerprint density at radius 3 is 2.62 bits per heavy atom. The fourth-order valence-electron chi connectivity index (χ4n) is 2.31. The van der Waals surface area contributed by atoms with Gasteiger partial charge in [0.15, 0.2) is 0 Å². The number of hydrogen-bond acceptors (Lipinski definition) is 8. The number of thioether (sulfide) groups is 1. The van der Waals surface area contributed by atoms with E-state index < -0.39 is 10.0 Å². The highest BCUT2D eigenvalue weighted by Gasteiger charge is 2.16. The van der Waals surface area contributed by atoms with Crippen molar-refractivity contribution in [3.63, 3.8) is 0 Å². The van der Waals surface area contributed by atoms with Gasteiger partial charge in [-0.2, -0.15) is 0 Å². The minimum absolute atomic E-state index is 0.0657. The molecule has 2 heterocycles. The van der Waals surface area contributed by atoms with Crippen LogP contribution in [0.3, 0.4) is 0 Å².